The summed E-state index contributed by atoms with van der Waals surface area (Å²) in [7, 11) is 2.09. The number of benzene rings is 1. The first kappa shape index (κ1) is 11.9. The first-order chi connectivity index (χ1) is 7.67. The van der Waals surface area contributed by atoms with Crippen LogP contribution in [0.1, 0.15) is 0 Å². The number of anilines is 1. The predicted molar refractivity (Wildman–Crippen MR) is 69.7 cm³/mol. The maximum atomic E-state index is 5.81. The highest BCUT2D eigenvalue weighted by molar-refractivity contribution is 9.10. The number of hydrogen-bond acceptors (Lipinski definition) is 3. The van der Waals surface area contributed by atoms with Crippen LogP contribution in [0.5, 0.6) is 0 Å². The van der Waals surface area contributed by atoms with E-state index < -0.39 is 0 Å². The van der Waals surface area contributed by atoms with E-state index in [4.69, 9.17) is 10.5 Å². The van der Waals surface area contributed by atoms with Gasteiger partial charge in [-0.15, -0.1) is 0 Å². The minimum absolute atomic E-state index is 0.143. The number of halogens is 1. The first-order valence-electron chi connectivity index (χ1n) is 5.40. The molecule has 0 amide bonds. The Balaban J connectivity index is 2.08. The van der Waals surface area contributed by atoms with Crippen molar-refractivity contribution in [1.29, 1.82) is 0 Å². The molecular formula is C12H17BrN2O. The molecule has 16 heavy (non-hydrogen) atoms. The molecule has 1 aromatic rings. The van der Waals surface area contributed by atoms with Crippen LogP contribution in [-0.2, 0) is 4.74 Å². The molecule has 1 aliphatic heterocycles. The summed E-state index contributed by atoms with van der Waals surface area (Å²) in [5, 5.41) is 0. The van der Waals surface area contributed by atoms with Crippen LogP contribution < -0.4 is 10.6 Å². The summed E-state index contributed by atoms with van der Waals surface area (Å²) in [6, 6.07) is 8.22. The quantitative estimate of drug-likeness (QED) is 0.917. The molecule has 0 radical (unpaired) electrons. The van der Waals surface area contributed by atoms with Gasteiger partial charge in [-0.1, -0.05) is 12.1 Å². The molecular weight excluding hydrogens is 268 g/mol. The average molecular weight is 285 g/mol. The van der Waals surface area contributed by atoms with Crippen molar-refractivity contribution in [3.63, 3.8) is 0 Å². The molecule has 2 rings (SSSR count). The van der Waals surface area contributed by atoms with Gasteiger partial charge in [0.1, 0.15) is 0 Å². The standard InChI is InChI=1S/C12H17BrN2O/c1-15(7-12(6-14)8-16-9-12)11-5-3-2-4-10(11)13/h2-5H,6-9,14H2,1H3. The zero-order valence-electron chi connectivity index (χ0n) is 9.45. The van der Waals surface area contributed by atoms with Crippen molar-refractivity contribution >= 4 is 21.6 Å². The fourth-order valence-electron chi connectivity index (χ4n) is 2.01. The summed E-state index contributed by atoms with van der Waals surface area (Å²) in [5.41, 5.74) is 7.15. The molecule has 0 aromatic heterocycles. The van der Waals surface area contributed by atoms with Crippen LogP contribution in [-0.4, -0.2) is 33.4 Å². The van der Waals surface area contributed by atoms with Gasteiger partial charge in [0.15, 0.2) is 0 Å². The largest absolute Gasteiger partial charge is 0.380 e. The zero-order valence-corrected chi connectivity index (χ0v) is 11.0. The van der Waals surface area contributed by atoms with Crippen molar-refractivity contribution in [2.75, 3.05) is 38.3 Å². The zero-order chi connectivity index (χ0) is 11.6. The van der Waals surface area contributed by atoms with Gasteiger partial charge in [0.05, 0.1) is 18.9 Å². The summed E-state index contributed by atoms with van der Waals surface area (Å²) < 4.78 is 6.39. The van der Waals surface area contributed by atoms with Crippen LogP contribution in [0.4, 0.5) is 5.69 Å². The van der Waals surface area contributed by atoms with E-state index in [9.17, 15) is 0 Å². The molecule has 0 bridgehead atoms. The summed E-state index contributed by atoms with van der Waals surface area (Å²) in [4.78, 5) is 2.24. The molecule has 1 aliphatic rings. The summed E-state index contributed by atoms with van der Waals surface area (Å²) in [6.07, 6.45) is 0. The molecule has 0 unspecified atom stereocenters. The normalized spacial score (nSPS) is 17.9. The molecule has 1 aromatic carbocycles. The van der Waals surface area contributed by atoms with Gasteiger partial charge in [-0.05, 0) is 28.1 Å². The first-order valence-corrected chi connectivity index (χ1v) is 6.20. The highest BCUT2D eigenvalue weighted by atomic mass is 79.9. The summed E-state index contributed by atoms with van der Waals surface area (Å²) >= 11 is 3.56. The van der Waals surface area contributed by atoms with E-state index in [1.165, 1.54) is 5.69 Å². The number of ether oxygens (including phenoxy) is 1. The topological polar surface area (TPSA) is 38.5 Å². The van der Waals surface area contributed by atoms with Crippen molar-refractivity contribution in [1.82, 2.24) is 0 Å². The van der Waals surface area contributed by atoms with Crippen molar-refractivity contribution in [2.45, 2.75) is 0 Å². The highest BCUT2D eigenvalue weighted by Crippen LogP contribution is 2.31. The molecule has 0 spiro atoms. The van der Waals surface area contributed by atoms with Gasteiger partial charge in [0.2, 0.25) is 0 Å². The van der Waals surface area contributed by atoms with Crippen LogP contribution >= 0.6 is 15.9 Å². The van der Waals surface area contributed by atoms with E-state index in [1.54, 1.807) is 0 Å². The highest BCUT2D eigenvalue weighted by Gasteiger charge is 2.38. The van der Waals surface area contributed by atoms with E-state index in [2.05, 4.69) is 40.0 Å². The summed E-state index contributed by atoms with van der Waals surface area (Å²) in [6.45, 7) is 3.17. The van der Waals surface area contributed by atoms with Gasteiger partial charge in [0, 0.05) is 30.0 Å². The smallest absolute Gasteiger partial charge is 0.0574 e. The fraction of sp³-hybridized carbons (Fsp3) is 0.500. The second-order valence-electron chi connectivity index (χ2n) is 4.50. The second-order valence-corrected chi connectivity index (χ2v) is 5.36. The second kappa shape index (κ2) is 4.73. The molecule has 1 heterocycles. The number of hydrogen-bond donors (Lipinski definition) is 1. The Kier molecular flexibility index (Phi) is 3.52. The molecule has 0 saturated carbocycles. The average Bonchev–Trinajstić information content (AvgIpc) is 2.24. The van der Waals surface area contributed by atoms with E-state index in [-0.39, 0.29) is 5.41 Å². The van der Waals surface area contributed by atoms with Crippen LogP contribution in [0.15, 0.2) is 28.7 Å². The molecule has 3 nitrogen and oxygen atoms in total. The SMILES string of the molecule is CN(CC1(CN)COC1)c1ccccc1Br. The van der Waals surface area contributed by atoms with Crippen LogP contribution in [0, 0.1) is 5.41 Å². The predicted octanol–water partition coefficient (Wildman–Crippen LogP) is 1.86. The van der Waals surface area contributed by atoms with Gasteiger partial charge in [-0.2, -0.15) is 0 Å². The number of para-hydroxylation sites is 1. The van der Waals surface area contributed by atoms with Crippen molar-refractivity contribution in [3.05, 3.63) is 28.7 Å². The minimum Gasteiger partial charge on any atom is -0.380 e. The number of rotatable bonds is 4. The van der Waals surface area contributed by atoms with Gasteiger partial charge in [0.25, 0.3) is 0 Å². The van der Waals surface area contributed by atoms with E-state index >= 15 is 0 Å². The monoisotopic (exact) mass is 284 g/mol. The lowest BCUT2D eigenvalue weighted by Gasteiger charge is -2.43. The van der Waals surface area contributed by atoms with Gasteiger partial charge >= 0.3 is 0 Å². The number of nitrogens with two attached hydrogens (primary N) is 1. The Bertz CT molecular complexity index is 360. The molecule has 1 fully saturated rings. The maximum absolute atomic E-state index is 5.81. The Hall–Kier alpha value is -0.580. The third-order valence-electron chi connectivity index (χ3n) is 3.09. The molecule has 2 N–H and O–H groups in total. The molecule has 88 valence electrons. The van der Waals surface area contributed by atoms with E-state index in [1.807, 2.05) is 12.1 Å². The van der Waals surface area contributed by atoms with Crippen LogP contribution in [0.25, 0.3) is 0 Å². The lowest BCUT2D eigenvalue weighted by atomic mass is 9.85. The minimum atomic E-state index is 0.143. The molecule has 4 heteroatoms. The van der Waals surface area contributed by atoms with Gasteiger partial charge < -0.3 is 15.4 Å². The molecule has 0 atom stereocenters. The maximum Gasteiger partial charge on any atom is 0.0574 e. The van der Waals surface area contributed by atoms with E-state index in [0.717, 1.165) is 24.2 Å². The van der Waals surface area contributed by atoms with Crippen molar-refractivity contribution in [3.8, 4) is 0 Å². The Labute approximate surface area is 105 Å². The van der Waals surface area contributed by atoms with Crippen LogP contribution in [0.3, 0.4) is 0 Å². The Morgan fingerprint density at radius 3 is 2.62 bits per heavy atom. The third-order valence-corrected chi connectivity index (χ3v) is 3.76. The molecule has 0 aliphatic carbocycles. The molecule has 1 saturated heterocycles. The third kappa shape index (κ3) is 2.24. The summed E-state index contributed by atoms with van der Waals surface area (Å²) in [5.74, 6) is 0. The Morgan fingerprint density at radius 1 is 1.44 bits per heavy atom. The van der Waals surface area contributed by atoms with Crippen molar-refractivity contribution in [2.24, 2.45) is 11.1 Å². The fourth-order valence-corrected chi connectivity index (χ4v) is 2.60. The number of nitrogens with zero attached hydrogens (tertiary/aromatic N) is 1. The van der Waals surface area contributed by atoms with Gasteiger partial charge in [-0.25, -0.2) is 0 Å². The van der Waals surface area contributed by atoms with Crippen LogP contribution in [0.2, 0.25) is 0 Å². The van der Waals surface area contributed by atoms with E-state index in [0.29, 0.717) is 6.54 Å². The lowest BCUT2D eigenvalue weighted by molar-refractivity contribution is -0.101. The van der Waals surface area contributed by atoms with Gasteiger partial charge in [-0.3, -0.25) is 0 Å². The lowest BCUT2D eigenvalue weighted by Crippen LogP contribution is -2.54. The van der Waals surface area contributed by atoms with Crippen molar-refractivity contribution < 1.29 is 4.74 Å². The Morgan fingerprint density at radius 2 is 2.12 bits per heavy atom.